The Balaban J connectivity index is 1.45. The monoisotopic (exact) mass is 496 g/mol. The molecule has 1 saturated carbocycles. The van der Waals surface area contributed by atoms with Gasteiger partial charge in [-0.15, -0.1) is 0 Å². The lowest BCUT2D eigenvalue weighted by molar-refractivity contribution is -0.126. The molecule has 6 heteroatoms. The molecule has 6 N–H and O–H groups in total. The summed E-state index contributed by atoms with van der Waals surface area (Å²) >= 11 is 0. The van der Waals surface area contributed by atoms with Crippen molar-refractivity contribution in [3.05, 3.63) is 115 Å². The molecular formula is C32H16O6. The van der Waals surface area contributed by atoms with Gasteiger partial charge in [-0.3, -0.25) is 0 Å². The molecule has 0 heterocycles. The molecule has 7 unspecified atom stereocenters. The van der Waals surface area contributed by atoms with Crippen LogP contribution in [0, 0.1) is 0 Å². The molecule has 0 aromatic heterocycles. The average Bonchev–Trinajstić information content (AvgIpc) is 3.20. The molecule has 38 heavy (non-hydrogen) atoms. The maximum Gasteiger partial charge on any atom is 0.153 e. The molecule has 6 nitrogen and oxygen atoms in total. The lowest BCUT2D eigenvalue weighted by Crippen LogP contribution is -2.67. The maximum absolute atomic E-state index is 13.3. The van der Waals surface area contributed by atoms with E-state index in [1.54, 1.807) is 12.2 Å². The number of fused-ring (bicyclic) bond motifs is 2. The Morgan fingerprint density at radius 3 is 2.05 bits per heavy atom. The highest BCUT2D eigenvalue weighted by molar-refractivity contribution is 6.20. The number of aliphatic hydroxyl groups is 6. The van der Waals surface area contributed by atoms with Crippen LogP contribution in [0.5, 0.6) is 0 Å². The van der Waals surface area contributed by atoms with Crippen molar-refractivity contribution in [2.24, 2.45) is 0 Å². The lowest BCUT2D eigenvalue weighted by Gasteiger charge is -2.60. The zero-order valence-electron chi connectivity index (χ0n) is 19.5. The Hall–Kier alpha value is -3.36. The quantitative estimate of drug-likeness (QED) is 0.204. The lowest BCUT2D eigenvalue weighted by atomic mass is 9.47. The van der Waals surface area contributed by atoms with Crippen LogP contribution in [0.4, 0.5) is 0 Å². The summed E-state index contributed by atoms with van der Waals surface area (Å²) in [6.07, 6.45) is 6.76. The summed E-state index contributed by atoms with van der Waals surface area (Å²) < 4.78 is 0. The standard InChI is InChI=1S/C32H16O6/c33-26-3-4-27(34)9-15-28-19-14(30(15,28)36)7-11-2-1-10-5-12-6-13(8-26)29(35)18(12)20-16(10)17(11)21(19)31(20,37)32(38)24(28)22(27)23(26)25(29)32/h1-5,7-9,33-38H,6H2. The fourth-order valence-electron chi connectivity index (χ4n) is 11.4. The van der Waals surface area contributed by atoms with Gasteiger partial charge < -0.3 is 30.6 Å². The van der Waals surface area contributed by atoms with Gasteiger partial charge in [0.05, 0.1) is 5.41 Å². The van der Waals surface area contributed by atoms with Gasteiger partial charge in [0.15, 0.2) is 5.60 Å². The van der Waals surface area contributed by atoms with Gasteiger partial charge in [-0.1, -0.05) is 18.2 Å². The Kier molecular flexibility index (Phi) is 1.86. The summed E-state index contributed by atoms with van der Waals surface area (Å²) in [5.74, 6) is 0. The first kappa shape index (κ1) is 18.0. The van der Waals surface area contributed by atoms with Crippen molar-refractivity contribution in [2.75, 3.05) is 0 Å². The van der Waals surface area contributed by atoms with E-state index in [0.29, 0.717) is 51.0 Å². The minimum atomic E-state index is -2.16. The summed E-state index contributed by atoms with van der Waals surface area (Å²) in [5.41, 5.74) is -5.45. The Labute approximate surface area is 213 Å². The second-order valence-corrected chi connectivity index (χ2v) is 13.2. The first-order valence-corrected chi connectivity index (χ1v) is 13.2. The minimum Gasteiger partial charge on any atom is -0.379 e. The van der Waals surface area contributed by atoms with Gasteiger partial charge >= 0.3 is 0 Å². The molecule has 3 aromatic rings. The molecule has 13 rings (SSSR count). The third-order valence-corrected chi connectivity index (χ3v) is 12.3. The number of hydrogen-bond acceptors (Lipinski definition) is 6. The van der Waals surface area contributed by atoms with Crippen LogP contribution < -0.4 is 0 Å². The average molecular weight is 496 g/mol. The highest BCUT2D eigenvalue weighted by atomic mass is 16.4. The molecule has 10 aliphatic rings. The van der Waals surface area contributed by atoms with Gasteiger partial charge in [-0.2, -0.15) is 0 Å². The molecule has 0 bridgehead atoms. The normalized spacial score (nSPS) is 49.4. The van der Waals surface area contributed by atoms with E-state index in [1.807, 2.05) is 18.2 Å². The van der Waals surface area contributed by atoms with Crippen LogP contribution in [0.1, 0.15) is 33.4 Å². The number of rotatable bonds is 0. The molecular weight excluding hydrogens is 480 g/mol. The predicted molar refractivity (Wildman–Crippen MR) is 132 cm³/mol. The topological polar surface area (TPSA) is 121 Å². The van der Waals surface area contributed by atoms with Gasteiger partial charge in [-0.25, -0.2) is 0 Å². The fraction of sp³-hybridized carbons (Fsp3) is 0.250. The van der Waals surface area contributed by atoms with Crippen LogP contribution in [-0.2, 0) is 28.6 Å². The van der Waals surface area contributed by atoms with Gasteiger partial charge in [-0.05, 0) is 91.7 Å². The van der Waals surface area contributed by atoms with Crippen molar-refractivity contribution in [3.63, 3.8) is 0 Å². The van der Waals surface area contributed by atoms with E-state index in [4.69, 9.17) is 0 Å². The SMILES string of the molecule is OC12C=CC3(O)C=C4C5(O)c6cc7ccc8cc9c%10c%11c8c7c7c6C45C4=C3C1=C(C%10(O)C(=C2)C9)C4(O)C%117O. The van der Waals surface area contributed by atoms with Crippen molar-refractivity contribution in [2.45, 2.75) is 45.4 Å². The summed E-state index contributed by atoms with van der Waals surface area (Å²) in [6, 6.07) is 8.07. The fourth-order valence-corrected chi connectivity index (χ4v) is 11.4. The maximum atomic E-state index is 13.3. The second-order valence-electron chi connectivity index (χ2n) is 13.2. The van der Waals surface area contributed by atoms with Crippen molar-refractivity contribution < 1.29 is 30.6 Å². The third kappa shape index (κ3) is 1.02. The molecule has 0 saturated heterocycles. The van der Waals surface area contributed by atoms with Crippen LogP contribution in [0.15, 0.2) is 82.0 Å². The van der Waals surface area contributed by atoms with Crippen LogP contribution in [0.3, 0.4) is 0 Å². The minimum absolute atomic E-state index is 0.146. The first-order chi connectivity index (χ1) is 18.0. The highest BCUT2D eigenvalue weighted by Gasteiger charge is 2.94. The molecule has 0 aliphatic heterocycles. The van der Waals surface area contributed by atoms with Crippen molar-refractivity contribution in [1.82, 2.24) is 0 Å². The van der Waals surface area contributed by atoms with E-state index in [-0.39, 0.29) is 11.1 Å². The molecule has 0 amide bonds. The van der Waals surface area contributed by atoms with E-state index in [0.717, 1.165) is 32.7 Å². The number of benzene rings is 3. The molecule has 3 aromatic carbocycles. The molecule has 1 spiro atoms. The summed E-state index contributed by atoms with van der Waals surface area (Å²) in [7, 11) is 0. The van der Waals surface area contributed by atoms with Crippen molar-refractivity contribution in [1.29, 1.82) is 0 Å². The van der Waals surface area contributed by atoms with E-state index in [2.05, 4.69) is 6.07 Å². The Bertz CT molecular complexity index is 2250. The predicted octanol–water partition coefficient (Wildman–Crippen LogP) is 1.02. The zero-order valence-corrected chi connectivity index (χ0v) is 19.5. The Morgan fingerprint density at radius 2 is 1.29 bits per heavy atom. The summed E-state index contributed by atoms with van der Waals surface area (Å²) in [5, 5.41) is 79.5. The molecule has 180 valence electrons. The van der Waals surface area contributed by atoms with Gasteiger partial charge in [0.25, 0.3) is 0 Å². The first-order valence-electron chi connectivity index (χ1n) is 13.2. The second kappa shape index (κ2) is 3.92. The van der Waals surface area contributed by atoms with E-state index < -0.39 is 39.0 Å². The van der Waals surface area contributed by atoms with Crippen molar-refractivity contribution in [3.8, 4) is 0 Å². The smallest absolute Gasteiger partial charge is 0.153 e. The highest BCUT2D eigenvalue weighted by Crippen LogP contribution is 2.92. The van der Waals surface area contributed by atoms with Crippen LogP contribution in [0.25, 0.3) is 21.5 Å². The summed E-state index contributed by atoms with van der Waals surface area (Å²) in [4.78, 5) is 0. The van der Waals surface area contributed by atoms with E-state index >= 15 is 0 Å². The molecule has 7 atom stereocenters. The zero-order chi connectivity index (χ0) is 25.1. The van der Waals surface area contributed by atoms with Crippen LogP contribution >= 0.6 is 0 Å². The molecule has 0 radical (unpaired) electrons. The number of hydrogen-bond donors (Lipinski definition) is 6. The van der Waals surface area contributed by atoms with Crippen LogP contribution in [0.2, 0.25) is 0 Å². The van der Waals surface area contributed by atoms with Gasteiger partial charge in [0.2, 0.25) is 0 Å². The van der Waals surface area contributed by atoms with Crippen LogP contribution in [-0.4, -0.2) is 47.4 Å². The van der Waals surface area contributed by atoms with E-state index in [9.17, 15) is 30.6 Å². The summed E-state index contributed by atoms with van der Waals surface area (Å²) in [6.45, 7) is 0. The molecule has 1 fully saturated rings. The van der Waals surface area contributed by atoms with Gasteiger partial charge in [0, 0.05) is 33.4 Å². The van der Waals surface area contributed by atoms with E-state index in [1.165, 1.54) is 12.2 Å². The molecule has 10 aliphatic carbocycles. The Morgan fingerprint density at radius 1 is 0.632 bits per heavy atom. The third-order valence-electron chi connectivity index (χ3n) is 12.3. The van der Waals surface area contributed by atoms with Crippen molar-refractivity contribution >= 4 is 21.5 Å². The largest absolute Gasteiger partial charge is 0.379 e. The van der Waals surface area contributed by atoms with Gasteiger partial charge in [0.1, 0.15) is 28.0 Å².